The summed E-state index contributed by atoms with van der Waals surface area (Å²) < 4.78 is 2.11. The van der Waals surface area contributed by atoms with Crippen LogP contribution in [0.25, 0.3) is 15.9 Å². The average molecular weight is 448 g/mol. The molecule has 1 amide bonds. The number of rotatable bonds is 4. The first-order valence-electron chi connectivity index (χ1n) is 9.59. The number of halogens is 1. The fourth-order valence-corrected chi connectivity index (χ4v) is 5.81. The lowest BCUT2D eigenvalue weighted by Crippen LogP contribution is -2.43. The van der Waals surface area contributed by atoms with Gasteiger partial charge >= 0.3 is 0 Å². The van der Waals surface area contributed by atoms with E-state index in [0.717, 1.165) is 19.5 Å². The molecule has 0 N–H and O–H groups in total. The molecule has 3 aromatic rings. The molecule has 0 radical (unpaired) electrons. The lowest BCUT2D eigenvalue weighted by Gasteiger charge is -2.35. The molecule has 5 nitrogen and oxygen atoms in total. The highest BCUT2D eigenvalue weighted by molar-refractivity contribution is 7.99. The summed E-state index contributed by atoms with van der Waals surface area (Å²) in [6.07, 6.45) is 1.15. The number of aromatic nitrogens is 2. The number of carbonyl (C=O) groups excluding carboxylic acids is 1. The molecule has 0 spiro atoms. The number of para-hydroxylation sites is 1. The molecule has 1 saturated heterocycles. The maximum absolute atomic E-state index is 13.2. The quantitative estimate of drug-likeness (QED) is 0.429. The number of piperidine rings is 1. The van der Waals surface area contributed by atoms with E-state index >= 15 is 0 Å². The molecule has 2 unspecified atom stereocenters. The van der Waals surface area contributed by atoms with Crippen molar-refractivity contribution in [2.45, 2.75) is 25.4 Å². The van der Waals surface area contributed by atoms with E-state index in [-0.39, 0.29) is 17.2 Å². The van der Waals surface area contributed by atoms with Crippen LogP contribution < -0.4 is 5.56 Å². The molecule has 2 atom stereocenters. The lowest BCUT2D eigenvalue weighted by molar-refractivity contribution is -0.130. The van der Waals surface area contributed by atoms with Gasteiger partial charge in [0.05, 0.1) is 22.0 Å². The SMILES string of the molecule is CC1CC(C)CN(C(=O)CSc2nc3ccsc3c(=O)n2-c2ccccc2Cl)C1. The molecule has 29 heavy (non-hydrogen) atoms. The van der Waals surface area contributed by atoms with Crippen LogP contribution in [-0.2, 0) is 4.79 Å². The Morgan fingerprint density at radius 2 is 1.97 bits per heavy atom. The Hall–Kier alpha value is -1.83. The van der Waals surface area contributed by atoms with Crippen LogP contribution in [0.15, 0.2) is 45.7 Å². The molecular formula is C21H22ClN3O2S2. The summed E-state index contributed by atoms with van der Waals surface area (Å²) in [5, 5.41) is 2.81. The molecule has 1 aliphatic heterocycles. The minimum absolute atomic E-state index is 0.0822. The predicted molar refractivity (Wildman–Crippen MR) is 120 cm³/mol. The largest absolute Gasteiger partial charge is 0.341 e. The minimum Gasteiger partial charge on any atom is -0.341 e. The van der Waals surface area contributed by atoms with Gasteiger partial charge in [-0.15, -0.1) is 11.3 Å². The van der Waals surface area contributed by atoms with Crippen molar-refractivity contribution in [1.29, 1.82) is 0 Å². The molecule has 1 aliphatic rings. The average Bonchev–Trinajstić information content (AvgIpc) is 3.15. The van der Waals surface area contributed by atoms with Crippen molar-refractivity contribution >= 4 is 50.8 Å². The summed E-state index contributed by atoms with van der Waals surface area (Å²) in [5.74, 6) is 1.34. The second-order valence-electron chi connectivity index (χ2n) is 7.65. The molecule has 1 fully saturated rings. The second kappa shape index (κ2) is 8.50. The zero-order chi connectivity index (χ0) is 20.5. The van der Waals surface area contributed by atoms with Crippen LogP contribution in [0.5, 0.6) is 0 Å². The highest BCUT2D eigenvalue weighted by Gasteiger charge is 2.26. The van der Waals surface area contributed by atoms with Gasteiger partial charge in [0, 0.05) is 13.1 Å². The fraction of sp³-hybridized carbons (Fsp3) is 0.381. The summed E-state index contributed by atoms with van der Waals surface area (Å²) in [6, 6.07) is 9.03. The van der Waals surface area contributed by atoms with Crippen LogP contribution in [0.4, 0.5) is 0 Å². The van der Waals surface area contributed by atoms with Crippen LogP contribution in [-0.4, -0.2) is 39.2 Å². The van der Waals surface area contributed by atoms with Crippen molar-refractivity contribution in [3.8, 4) is 5.69 Å². The Bertz CT molecular complexity index is 1100. The third-order valence-corrected chi connectivity index (χ3v) is 7.22. The van der Waals surface area contributed by atoms with Gasteiger partial charge in [-0.2, -0.15) is 0 Å². The number of hydrogen-bond donors (Lipinski definition) is 0. The summed E-state index contributed by atoms with van der Waals surface area (Å²) >= 11 is 9.03. The monoisotopic (exact) mass is 447 g/mol. The molecule has 4 rings (SSSR count). The van der Waals surface area contributed by atoms with Gasteiger partial charge in [0.15, 0.2) is 5.16 Å². The summed E-state index contributed by atoms with van der Waals surface area (Å²) in [5.41, 5.74) is 1.07. The predicted octanol–water partition coefficient (Wildman–Crippen LogP) is 4.70. The molecule has 0 bridgehead atoms. The van der Waals surface area contributed by atoms with Crippen LogP contribution in [0.2, 0.25) is 5.02 Å². The number of thiophene rings is 1. The van der Waals surface area contributed by atoms with E-state index < -0.39 is 0 Å². The van der Waals surface area contributed by atoms with Crippen molar-refractivity contribution in [3.63, 3.8) is 0 Å². The molecular weight excluding hydrogens is 426 g/mol. The maximum Gasteiger partial charge on any atom is 0.276 e. The standard InChI is InChI=1S/C21H22ClN3O2S2/c1-13-9-14(2)11-24(10-13)18(26)12-29-21-23-16-7-8-28-19(16)20(27)25(21)17-6-4-3-5-15(17)22/h3-8,13-14H,9-12H2,1-2H3. The van der Waals surface area contributed by atoms with Gasteiger partial charge in [-0.25, -0.2) is 4.98 Å². The fourth-order valence-electron chi connectivity index (χ4n) is 3.92. The number of amides is 1. The molecule has 152 valence electrons. The van der Waals surface area contributed by atoms with Crippen molar-refractivity contribution in [3.05, 3.63) is 51.1 Å². The first-order chi connectivity index (χ1) is 13.9. The Labute approximate surface area is 182 Å². The molecule has 2 aromatic heterocycles. The number of likely N-dealkylation sites (tertiary alicyclic amines) is 1. The first-order valence-corrected chi connectivity index (χ1v) is 11.8. The highest BCUT2D eigenvalue weighted by Crippen LogP contribution is 2.28. The smallest absolute Gasteiger partial charge is 0.276 e. The Morgan fingerprint density at radius 1 is 1.24 bits per heavy atom. The normalized spacial score (nSPS) is 19.6. The second-order valence-corrected chi connectivity index (χ2v) is 9.92. The van der Waals surface area contributed by atoms with E-state index in [9.17, 15) is 9.59 Å². The molecule has 8 heteroatoms. The van der Waals surface area contributed by atoms with Crippen molar-refractivity contribution in [1.82, 2.24) is 14.5 Å². The number of nitrogens with zero attached hydrogens (tertiary/aromatic N) is 3. The van der Waals surface area contributed by atoms with Crippen molar-refractivity contribution in [2.75, 3.05) is 18.8 Å². The maximum atomic E-state index is 13.2. The number of hydrogen-bond acceptors (Lipinski definition) is 5. The van der Waals surface area contributed by atoms with Crippen LogP contribution in [0.3, 0.4) is 0 Å². The van der Waals surface area contributed by atoms with Gasteiger partial charge in [-0.1, -0.05) is 49.3 Å². The van der Waals surface area contributed by atoms with E-state index in [1.165, 1.54) is 27.7 Å². The lowest BCUT2D eigenvalue weighted by atomic mass is 9.92. The Balaban J connectivity index is 1.66. The third-order valence-electron chi connectivity index (χ3n) is 5.09. The number of benzene rings is 1. The van der Waals surface area contributed by atoms with Crippen LogP contribution in [0, 0.1) is 11.8 Å². The van der Waals surface area contributed by atoms with Gasteiger partial charge in [-0.05, 0) is 41.8 Å². The van der Waals surface area contributed by atoms with Gasteiger partial charge in [0.25, 0.3) is 5.56 Å². The zero-order valence-corrected chi connectivity index (χ0v) is 18.7. The van der Waals surface area contributed by atoms with E-state index in [4.69, 9.17) is 11.6 Å². The minimum atomic E-state index is -0.159. The topological polar surface area (TPSA) is 55.2 Å². The molecule has 3 heterocycles. The van der Waals surface area contributed by atoms with Gasteiger partial charge in [-0.3, -0.25) is 14.2 Å². The van der Waals surface area contributed by atoms with Crippen LogP contribution >= 0.6 is 34.7 Å². The van der Waals surface area contributed by atoms with Crippen molar-refractivity contribution in [2.24, 2.45) is 11.8 Å². The van der Waals surface area contributed by atoms with E-state index in [0.29, 0.717) is 37.9 Å². The first kappa shape index (κ1) is 20.4. The van der Waals surface area contributed by atoms with Gasteiger partial charge in [0.1, 0.15) is 4.70 Å². The third kappa shape index (κ3) is 4.22. The van der Waals surface area contributed by atoms with E-state index in [1.54, 1.807) is 12.1 Å². The number of carbonyl (C=O) groups is 1. The van der Waals surface area contributed by atoms with Gasteiger partial charge in [0.2, 0.25) is 5.91 Å². The number of thioether (sulfide) groups is 1. The van der Waals surface area contributed by atoms with E-state index in [1.807, 2.05) is 28.5 Å². The highest BCUT2D eigenvalue weighted by atomic mass is 35.5. The molecule has 0 saturated carbocycles. The summed E-state index contributed by atoms with van der Waals surface area (Å²) in [7, 11) is 0. The van der Waals surface area contributed by atoms with E-state index in [2.05, 4.69) is 18.8 Å². The molecule has 0 aliphatic carbocycles. The molecule has 1 aromatic carbocycles. The van der Waals surface area contributed by atoms with Gasteiger partial charge < -0.3 is 4.90 Å². The zero-order valence-electron chi connectivity index (χ0n) is 16.3. The summed E-state index contributed by atoms with van der Waals surface area (Å²) in [6.45, 7) is 5.95. The Kier molecular flexibility index (Phi) is 5.99. The van der Waals surface area contributed by atoms with Crippen LogP contribution in [0.1, 0.15) is 20.3 Å². The van der Waals surface area contributed by atoms with Crippen molar-refractivity contribution < 1.29 is 4.79 Å². The number of fused-ring (bicyclic) bond motifs is 1. The Morgan fingerprint density at radius 3 is 2.69 bits per heavy atom. The summed E-state index contributed by atoms with van der Waals surface area (Å²) in [4.78, 5) is 32.6.